The van der Waals surface area contributed by atoms with Crippen molar-refractivity contribution < 1.29 is 13.2 Å². The normalized spacial score (nSPS) is 52.0. The van der Waals surface area contributed by atoms with Crippen molar-refractivity contribution in [2.24, 2.45) is 40.9 Å². The van der Waals surface area contributed by atoms with Crippen LogP contribution in [0.25, 0.3) is 0 Å². The van der Waals surface area contributed by atoms with Crippen LogP contribution in [0.4, 0.5) is 0 Å². The van der Waals surface area contributed by atoms with Gasteiger partial charge >= 0.3 is 0 Å². The molecule has 3 saturated carbocycles. The van der Waals surface area contributed by atoms with E-state index < -0.39 is 10.0 Å². The first kappa shape index (κ1) is 24.9. The number of piperidine rings is 1. The van der Waals surface area contributed by atoms with E-state index >= 15 is 0 Å². The summed E-state index contributed by atoms with van der Waals surface area (Å²) in [6.45, 7) is 11.0. The van der Waals surface area contributed by atoms with Crippen molar-refractivity contribution in [3.05, 3.63) is 11.1 Å². The molecule has 0 radical (unpaired) electrons. The molecule has 5 nitrogen and oxygen atoms in total. The summed E-state index contributed by atoms with van der Waals surface area (Å²) in [4.78, 5) is 0. The third kappa shape index (κ3) is 4.08. The van der Waals surface area contributed by atoms with E-state index in [1.165, 1.54) is 51.2 Å². The molecule has 35 heavy (non-hydrogen) atoms. The Balaban J connectivity index is 1.22. The number of rotatable bonds is 2. The summed E-state index contributed by atoms with van der Waals surface area (Å²) < 4.78 is 33.7. The molecule has 0 aromatic heterocycles. The average Bonchev–Trinajstić information content (AvgIpc) is 3.23. The Bertz CT molecular complexity index is 994. The Morgan fingerprint density at radius 1 is 1.09 bits per heavy atom. The zero-order valence-electron chi connectivity index (χ0n) is 22.6. The minimum Gasteiger partial charge on any atom is -0.369 e. The summed E-state index contributed by atoms with van der Waals surface area (Å²) >= 11 is 0. The van der Waals surface area contributed by atoms with Gasteiger partial charge in [-0.05, 0) is 113 Å². The van der Waals surface area contributed by atoms with E-state index in [0.717, 1.165) is 43.6 Å². The molecule has 2 saturated heterocycles. The molecular weight excluding hydrogens is 456 g/mol. The molecule has 1 spiro atoms. The fourth-order valence-corrected chi connectivity index (χ4v) is 11.1. The molecule has 11 atom stereocenters. The highest BCUT2D eigenvalue weighted by atomic mass is 32.2. The minimum atomic E-state index is -3.13. The van der Waals surface area contributed by atoms with Crippen molar-refractivity contribution in [3.8, 4) is 0 Å². The molecule has 0 unspecified atom stereocenters. The van der Waals surface area contributed by atoms with Crippen molar-refractivity contribution in [1.82, 2.24) is 10.0 Å². The van der Waals surface area contributed by atoms with Crippen LogP contribution >= 0.6 is 0 Å². The van der Waals surface area contributed by atoms with Gasteiger partial charge in [0.1, 0.15) is 0 Å². The molecule has 6 heteroatoms. The van der Waals surface area contributed by atoms with Gasteiger partial charge in [0, 0.05) is 18.0 Å². The van der Waals surface area contributed by atoms with Gasteiger partial charge < -0.3 is 10.1 Å². The number of sulfonamides is 1. The molecule has 0 aromatic carbocycles. The second-order valence-electron chi connectivity index (χ2n) is 14.0. The van der Waals surface area contributed by atoms with Crippen LogP contribution in [0, 0.1) is 40.9 Å². The molecule has 2 aliphatic heterocycles. The summed E-state index contributed by atoms with van der Waals surface area (Å²) in [6.07, 6.45) is 13.6. The summed E-state index contributed by atoms with van der Waals surface area (Å²) in [6, 6.07) is 0.660. The van der Waals surface area contributed by atoms with E-state index in [4.69, 9.17) is 4.74 Å². The van der Waals surface area contributed by atoms with Gasteiger partial charge in [-0.2, -0.15) is 0 Å². The summed E-state index contributed by atoms with van der Waals surface area (Å²) in [5, 5.41) is 3.85. The second-order valence-corrected chi connectivity index (χ2v) is 15.8. The molecule has 0 aromatic rings. The predicted molar refractivity (Wildman–Crippen MR) is 140 cm³/mol. The highest BCUT2D eigenvalue weighted by Crippen LogP contribution is 2.65. The molecule has 198 valence electrons. The Hall–Kier alpha value is -0.430. The third-order valence-corrected chi connectivity index (χ3v) is 12.8. The van der Waals surface area contributed by atoms with Crippen LogP contribution in [0.15, 0.2) is 11.1 Å². The van der Waals surface area contributed by atoms with Crippen LogP contribution in [-0.2, 0) is 14.8 Å². The van der Waals surface area contributed by atoms with Gasteiger partial charge in [-0.25, -0.2) is 13.1 Å². The topological polar surface area (TPSA) is 67.4 Å². The molecule has 2 heterocycles. The molecule has 0 amide bonds. The van der Waals surface area contributed by atoms with Crippen molar-refractivity contribution in [3.63, 3.8) is 0 Å². The number of ether oxygens (including phenoxy) is 1. The molecule has 6 rings (SSSR count). The van der Waals surface area contributed by atoms with Gasteiger partial charge in [0.2, 0.25) is 10.0 Å². The van der Waals surface area contributed by atoms with Crippen LogP contribution in [0.5, 0.6) is 0 Å². The summed E-state index contributed by atoms with van der Waals surface area (Å²) in [7, 11) is -3.13. The Kier molecular flexibility index (Phi) is 6.07. The monoisotopic (exact) mass is 504 g/mol. The van der Waals surface area contributed by atoms with Crippen molar-refractivity contribution in [2.45, 2.75) is 116 Å². The van der Waals surface area contributed by atoms with E-state index in [9.17, 15) is 8.42 Å². The fourth-order valence-electron chi connectivity index (χ4n) is 10.2. The lowest BCUT2D eigenvalue weighted by atomic mass is 9.52. The molecule has 4 aliphatic carbocycles. The van der Waals surface area contributed by atoms with E-state index in [2.05, 4.69) is 37.7 Å². The first-order valence-corrected chi connectivity index (χ1v) is 16.5. The zero-order chi connectivity index (χ0) is 24.8. The van der Waals surface area contributed by atoms with E-state index in [1.54, 1.807) is 11.1 Å². The van der Waals surface area contributed by atoms with Gasteiger partial charge in [-0.3, -0.25) is 0 Å². The molecule has 5 fully saturated rings. The number of hydrogen-bond acceptors (Lipinski definition) is 4. The minimum absolute atomic E-state index is 0.0276. The molecule has 2 N–H and O–H groups in total. The van der Waals surface area contributed by atoms with Crippen LogP contribution in [0.2, 0.25) is 0 Å². The second kappa shape index (κ2) is 8.54. The number of nitrogens with one attached hydrogen (secondary N) is 2. The Morgan fingerprint density at radius 3 is 2.66 bits per heavy atom. The lowest BCUT2D eigenvalue weighted by Gasteiger charge is -2.54. The number of allylic oxidation sites excluding steroid dienone is 1. The SMILES string of the molecule is CC1=C2C[C@H]3[C@@H](CC[C@@H]4C[C@H](NS(C)(=O)=O)CC[C@@]43C)[C@@H]2CC[C@@]2(C1)O[C@@H]1C[C@H](C)CN[C@@H]1[C@H]2C. The van der Waals surface area contributed by atoms with Crippen molar-refractivity contribution in [2.75, 3.05) is 12.8 Å². The molecular formula is C29H48N2O3S. The summed E-state index contributed by atoms with van der Waals surface area (Å²) in [5.74, 6) is 4.28. The predicted octanol–water partition coefficient (Wildman–Crippen LogP) is 5.03. The third-order valence-electron chi connectivity index (χ3n) is 12.0. The first-order chi connectivity index (χ1) is 16.5. The smallest absolute Gasteiger partial charge is 0.208 e. The number of fused-ring (bicyclic) bond motifs is 6. The zero-order valence-corrected chi connectivity index (χ0v) is 23.4. The lowest BCUT2D eigenvalue weighted by Crippen LogP contribution is -2.50. The van der Waals surface area contributed by atoms with Gasteiger partial charge in [0.15, 0.2) is 0 Å². The van der Waals surface area contributed by atoms with Gasteiger partial charge in [-0.15, -0.1) is 0 Å². The first-order valence-electron chi connectivity index (χ1n) is 14.6. The highest BCUT2D eigenvalue weighted by Gasteiger charge is 2.59. The van der Waals surface area contributed by atoms with Crippen molar-refractivity contribution in [1.29, 1.82) is 0 Å². The lowest BCUT2D eigenvalue weighted by molar-refractivity contribution is -0.0746. The largest absolute Gasteiger partial charge is 0.369 e. The Morgan fingerprint density at radius 2 is 1.89 bits per heavy atom. The summed E-state index contributed by atoms with van der Waals surface area (Å²) in [5.41, 5.74) is 3.83. The maximum atomic E-state index is 11.9. The van der Waals surface area contributed by atoms with Gasteiger partial charge in [0.05, 0.1) is 18.0 Å². The van der Waals surface area contributed by atoms with Crippen LogP contribution in [-0.4, -0.2) is 45.0 Å². The van der Waals surface area contributed by atoms with Gasteiger partial charge in [0.25, 0.3) is 0 Å². The quantitative estimate of drug-likeness (QED) is 0.518. The maximum Gasteiger partial charge on any atom is 0.208 e. The van der Waals surface area contributed by atoms with E-state index in [1.807, 2.05) is 0 Å². The highest BCUT2D eigenvalue weighted by molar-refractivity contribution is 7.88. The fraction of sp³-hybridized carbons (Fsp3) is 0.931. The van der Waals surface area contributed by atoms with E-state index in [0.29, 0.717) is 35.3 Å². The average molecular weight is 505 g/mol. The van der Waals surface area contributed by atoms with Crippen LogP contribution in [0.3, 0.4) is 0 Å². The van der Waals surface area contributed by atoms with Crippen LogP contribution in [0.1, 0.15) is 91.9 Å². The molecule has 0 bridgehead atoms. The van der Waals surface area contributed by atoms with Crippen molar-refractivity contribution >= 4 is 10.0 Å². The number of hydrogen-bond donors (Lipinski definition) is 2. The van der Waals surface area contributed by atoms with Crippen LogP contribution < -0.4 is 10.0 Å². The van der Waals surface area contributed by atoms with E-state index in [-0.39, 0.29) is 11.6 Å². The van der Waals surface area contributed by atoms with Gasteiger partial charge in [-0.1, -0.05) is 31.9 Å². The molecule has 6 aliphatic rings. The Labute approximate surface area is 213 Å². The standard InChI is InChI=1S/C29H48N2O3S/c1-17-12-26-27(30-16-17)19(3)29(34-26)11-9-22-23-7-6-20-13-21(31-35(5,32)33)8-10-28(20,4)25(23)14-24(22)18(2)15-29/h17,19-23,25-27,30-31H,6-16H2,1-5H3/t17-,19+,20+,21+,22-,23-,25-,26+,27+,28-,29-/m0/s1. The maximum absolute atomic E-state index is 11.9.